The molecule has 7 heteroatoms. The Bertz CT molecular complexity index is 894. The number of anilines is 3. The molecule has 4 N–H and O–H groups in total. The van der Waals surface area contributed by atoms with Gasteiger partial charge in [-0.3, -0.25) is 0 Å². The number of hydrogen-bond acceptors (Lipinski definition) is 7. The van der Waals surface area contributed by atoms with Crippen LogP contribution in [0.1, 0.15) is 30.7 Å². The lowest BCUT2D eigenvalue weighted by Crippen LogP contribution is -2.12. The van der Waals surface area contributed by atoms with Gasteiger partial charge < -0.3 is 16.4 Å². The van der Waals surface area contributed by atoms with Gasteiger partial charge >= 0.3 is 0 Å². The van der Waals surface area contributed by atoms with Gasteiger partial charge in [0.1, 0.15) is 12.1 Å². The topological polar surface area (TPSA) is 102 Å². The first kappa shape index (κ1) is 17.4. The number of aromatic nitrogens is 4. The van der Waals surface area contributed by atoms with E-state index in [0.717, 1.165) is 35.6 Å². The minimum absolute atomic E-state index is 0.580. The van der Waals surface area contributed by atoms with Crippen LogP contribution in [-0.4, -0.2) is 33.0 Å². The Labute approximate surface area is 158 Å². The van der Waals surface area contributed by atoms with E-state index >= 15 is 0 Å². The zero-order valence-electron chi connectivity index (χ0n) is 15.1. The van der Waals surface area contributed by atoms with Gasteiger partial charge in [-0.15, -0.1) is 0 Å². The normalized spacial score (nSPS) is 13.4. The lowest BCUT2D eigenvalue weighted by Gasteiger charge is -2.13. The van der Waals surface area contributed by atoms with Gasteiger partial charge in [0.05, 0.1) is 0 Å². The van der Waals surface area contributed by atoms with Crippen LogP contribution < -0.4 is 16.4 Å². The van der Waals surface area contributed by atoms with Crippen molar-refractivity contribution in [3.63, 3.8) is 0 Å². The van der Waals surface area contributed by atoms with E-state index in [0.29, 0.717) is 18.4 Å². The van der Waals surface area contributed by atoms with Crippen molar-refractivity contribution in [3.05, 3.63) is 54.7 Å². The van der Waals surface area contributed by atoms with Crippen LogP contribution in [0.25, 0.3) is 11.1 Å². The summed E-state index contributed by atoms with van der Waals surface area (Å²) in [6.45, 7) is 1.48. The van der Waals surface area contributed by atoms with Gasteiger partial charge in [0.25, 0.3) is 0 Å². The van der Waals surface area contributed by atoms with Crippen LogP contribution in [0.4, 0.5) is 17.5 Å². The summed E-state index contributed by atoms with van der Waals surface area (Å²) < 4.78 is 0. The van der Waals surface area contributed by atoms with Crippen molar-refractivity contribution < 1.29 is 0 Å². The lowest BCUT2D eigenvalue weighted by atomic mass is 10.1. The summed E-state index contributed by atoms with van der Waals surface area (Å²) in [4.78, 5) is 17.4. The van der Waals surface area contributed by atoms with Crippen LogP contribution in [0, 0.1) is 0 Å². The Hall–Kier alpha value is -3.06. The highest BCUT2D eigenvalue weighted by Gasteiger charge is 2.27. The first-order valence-electron chi connectivity index (χ1n) is 9.27. The van der Waals surface area contributed by atoms with Crippen molar-refractivity contribution in [1.82, 2.24) is 19.9 Å². The fourth-order valence-electron chi connectivity index (χ4n) is 2.95. The Morgan fingerprint density at radius 3 is 2.70 bits per heavy atom. The van der Waals surface area contributed by atoms with Crippen LogP contribution in [0.5, 0.6) is 0 Å². The van der Waals surface area contributed by atoms with E-state index in [4.69, 9.17) is 10.7 Å². The number of hydrogen-bond donors (Lipinski definition) is 3. The minimum Gasteiger partial charge on any atom is -0.370 e. The average Bonchev–Trinajstić information content (AvgIpc) is 3.55. The molecule has 7 nitrogen and oxygen atoms in total. The molecule has 138 valence electrons. The van der Waals surface area contributed by atoms with E-state index in [1.165, 1.54) is 24.7 Å². The molecule has 27 heavy (non-hydrogen) atoms. The molecule has 2 heterocycles. The van der Waals surface area contributed by atoms with Gasteiger partial charge in [-0.05, 0) is 49.4 Å². The smallest absolute Gasteiger partial charge is 0.229 e. The molecule has 1 aliphatic carbocycles. The molecule has 1 aromatic carbocycles. The Morgan fingerprint density at radius 1 is 1.07 bits per heavy atom. The quantitative estimate of drug-likeness (QED) is 0.529. The average molecular weight is 361 g/mol. The fourth-order valence-corrected chi connectivity index (χ4v) is 2.95. The van der Waals surface area contributed by atoms with Crippen molar-refractivity contribution in [2.45, 2.75) is 25.2 Å². The Morgan fingerprint density at radius 2 is 1.93 bits per heavy atom. The van der Waals surface area contributed by atoms with Crippen molar-refractivity contribution in [3.8, 4) is 11.1 Å². The maximum absolute atomic E-state index is 5.60. The van der Waals surface area contributed by atoms with Gasteiger partial charge in [0, 0.05) is 41.9 Å². The van der Waals surface area contributed by atoms with Crippen molar-refractivity contribution in [2.75, 3.05) is 23.7 Å². The number of nitrogens with zero attached hydrogens (tertiary/aromatic N) is 4. The van der Waals surface area contributed by atoms with Crippen LogP contribution in [0.2, 0.25) is 0 Å². The van der Waals surface area contributed by atoms with Crippen LogP contribution >= 0.6 is 0 Å². The summed E-state index contributed by atoms with van der Waals surface area (Å²) in [5.41, 5.74) is 9.73. The molecule has 0 saturated heterocycles. The van der Waals surface area contributed by atoms with Gasteiger partial charge in [-0.25, -0.2) is 15.0 Å². The van der Waals surface area contributed by atoms with Gasteiger partial charge in [-0.1, -0.05) is 12.1 Å². The first-order chi connectivity index (χ1) is 13.3. The zero-order valence-corrected chi connectivity index (χ0v) is 15.1. The summed E-state index contributed by atoms with van der Waals surface area (Å²) in [5.74, 6) is 2.08. The van der Waals surface area contributed by atoms with E-state index < -0.39 is 0 Å². The molecule has 3 aromatic rings. The first-order valence-corrected chi connectivity index (χ1v) is 9.27. The summed E-state index contributed by atoms with van der Waals surface area (Å²) in [5, 5.41) is 6.71. The highest BCUT2D eigenvalue weighted by atomic mass is 15.1. The molecule has 2 aromatic heterocycles. The SMILES string of the molecule is NCCCNc1nc(Nc2cccc(-c3cncnc3)c2)ncc1C1CC1. The van der Waals surface area contributed by atoms with Crippen LogP contribution in [-0.2, 0) is 0 Å². The minimum atomic E-state index is 0.580. The summed E-state index contributed by atoms with van der Waals surface area (Å²) in [7, 11) is 0. The molecular formula is C20H23N7. The molecule has 0 spiro atoms. The second-order valence-electron chi connectivity index (χ2n) is 6.67. The highest BCUT2D eigenvalue weighted by Crippen LogP contribution is 2.42. The van der Waals surface area contributed by atoms with E-state index in [-0.39, 0.29) is 0 Å². The fraction of sp³-hybridized carbons (Fsp3) is 0.300. The van der Waals surface area contributed by atoms with E-state index in [9.17, 15) is 0 Å². The predicted molar refractivity (Wildman–Crippen MR) is 107 cm³/mol. The molecule has 1 aliphatic rings. The predicted octanol–water partition coefficient (Wildman–Crippen LogP) is 3.32. The van der Waals surface area contributed by atoms with Crippen molar-refractivity contribution in [1.29, 1.82) is 0 Å². The maximum atomic E-state index is 5.60. The molecule has 0 unspecified atom stereocenters. The molecule has 0 bridgehead atoms. The summed E-state index contributed by atoms with van der Waals surface area (Å²) in [6.07, 6.45) is 10.4. The highest BCUT2D eigenvalue weighted by molar-refractivity contribution is 5.68. The lowest BCUT2D eigenvalue weighted by molar-refractivity contribution is 0.865. The van der Waals surface area contributed by atoms with Crippen LogP contribution in [0.15, 0.2) is 49.2 Å². The van der Waals surface area contributed by atoms with Crippen LogP contribution in [0.3, 0.4) is 0 Å². The summed E-state index contributed by atoms with van der Waals surface area (Å²) >= 11 is 0. The van der Waals surface area contributed by atoms with Gasteiger partial charge in [0.15, 0.2) is 0 Å². The third kappa shape index (κ3) is 4.38. The number of nitrogens with two attached hydrogens (primary N) is 1. The van der Waals surface area contributed by atoms with E-state index in [1.54, 1.807) is 12.4 Å². The number of rotatable bonds is 8. The largest absolute Gasteiger partial charge is 0.370 e. The number of benzene rings is 1. The Kier molecular flexibility index (Phi) is 5.20. The van der Waals surface area contributed by atoms with Gasteiger partial charge in [0.2, 0.25) is 5.95 Å². The van der Waals surface area contributed by atoms with Gasteiger partial charge in [-0.2, -0.15) is 4.98 Å². The molecule has 0 atom stereocenters. The van der Waals surface area contributed by atoms with Crippen molar-refractivity contribution >= 4 is 17.5 Å². The van der Waals surface area contributed by atoms with E-state index in [2.05, 4.69) is 25.6 Å². The molecule has 0 amide bonds. The molecular weight excluding hydrogens is 338 g/mol. The third-order valence-corrected chi connectivity index (χ3v) is 4.52. The maximum Gasteiger partial charge on any atom is 0.229 e. The monoisotopic (exact) mass is 361 g/mol. The molecule has 1 saturated carbocycles. The molecule has 4 rings (SSSR count). The molecule has 0 aliphatic heterocycles. The second kappa shape index (κ2) is 8.09. The standard InChI is InChI=1S/C20H23N7/c21-7-2-8-24-19-18(14-5-6-14)12-25-20(27-19)26-17-4-1-3-15(9-17)16-10-22-13-23-11-16/h1,3-4,9-14H,2,5-8,21H2,(H2,24,25,26,27). The summed E-state index contributed by atoms with van der Waals surface area (Å²) in [6, 6.07) is 8.05. The zero-order chi connectivity index (χ0) is 18.5. The van der Waals surface area contributed by atoms with Crippen molar-refractivity contribution in [2.24, 2.45) is 5.73 Å². The third-order valence-electron chi connectivity index (χ3n) is 4.52. The second-order valence-corrected chi connectivity index (χ2v) is 6.67. The molecule has 0 radical (unpaired) electrons. The molecule has 1 fully saturated rings. The Balaban J connectivity index is 1.54. The number of nitrogens with one attached hydrogen (secondary N) is 2. The van der Waals surface area contributed by atoms with E-state index in [1.807, 2.05) is 30.5 Å².